The number of rotatable bonds is 3. The van der Waals surface area contributed by atoms with Crippen LogP contribution in [-0.2, 0) is 0 Å². The van der Waals surface area contributed by atoms with Crippen LogP contribution < -0.4 is 4.90 Å². The van der Waals surface area contributed by atoms with E-state index in [4.69, 9.17) is 0 Å². The minimum atomic E-state index is -1.05. The molecule has 4 atom stereocenters. The van der Waals surface area contributed by atoms with E-state index in [0.717, 1.165) is 24.0 Å². The van der Waals surface area contributed by atoms with E-state index < -0.39 is 18.2 Å². The van der Waals surface area contributed by atoms with Crippen LogP contribution in [0.2, 0.25) is 0 Å². The molecule has 0 amide bonds. The van der Waals surface area contributed by atoms with Crippen molar-refractivity contribution in [2.45, 2.75) is 56.8 Å². The molecule has 4 aromatic carbocycles. The van der Waals surface area contributed by atoms with Gasteiger partial charge < -0.3 is 20.2 Å². The second-order valence-electron chi connectivity index (χ2n) is 11.1. The molecule has 5 heteroatoms. The molecule has 39 heavy (non-hydrogen) atoms. The number of hydrogen-bond acceptors (Lipinski definition) is 4. The van der Waals surface area contributed by atoms with Crippen LogP contribution in [0, 0.1) is 0 Å². The highest BCUT2D eigenvalue weighted by Crippen LogP contribution is 2.53. The lowest BCUT2D eigenvalue weighted by Crippen LogP contribution is -2.32. The highest BCUT2D eigenvalue weighted by Gasteiger charge is 2.41. The second kappa shape index (κ2) is 9.08. The number of fused-ring (bicyclic) bond motifs is 5. The van der Waals surface area contributed by atoms with Crippen molar-refractivity contribution in [3.8, 4) is 0 Å². The molecule has 4 unspecified atom stereocenters. The first-order valence-corrected chi connectivity index (χ1v) is 13.8. The van der Waals surface area contributed by atoms with E-state index >= 15 is 0 Å². The van der Waals surface area contributed by atoms with Crippen molar-refractivity contribution in [1.29, 1.82) is 0 Å². The number of aliphatic hydroxyl groups is 2. The Morgan fingerprint density at radius 3 is 2.33 bits per heavy atom. The number of aromatic carboxylic acids is 1. The zero-order chi connectivity index (χ0) is 26.8. The molecule has 2 aliphatic carbocycles. The Balaban J connectivity index is 1.33. The van der Waals surface area contributed by atoms with Gasteiger partial charge in [0.1, 0.15) is 12.2 Å². The highest BCUT2D eigenvalue weighted by atomic mass is 16.4. The van der Waals surface area contributed by atoms with Gasteiger partial charge >= 0.3 is 5.97 Å². The Morgan fingerprint density at radius 2 is 1.49 bits per heavy atom. The molecule has 0 radical (unpaired) electrons. The van der Waals surface area contributed by atoms with Crippen LogP contribution in [0.5, 0.6) is 0 Å². The van der Waals surface area contributed by atoms with Gasteiger partial charge in [0.15, 0.2) is 0 Å². The van der Waals surface area contributed by atoms with Gasteiger partial charge in [0.25, 0.3) is 0 Å². The van der Waals surface area contributed by atoms with E-state index in [9.17, 15) is 20.1 Å². The average molecular weight is 518 g/mol. The van der Waals surface area contributed by atoms with Crippen molar-refractivity contribution >= 4 is 33.7 Å². The van der Waals surface area contributed by atoms with Gasteiger partial charge in [0, 0.05) is 28.7 Å². The maximum absolute atomic E-state index is 11.5. The van der Waals surface area contributed by atoms with Gasteiger partial charge in [-0.1, -0.05) is 61.4 Å². The number of nitrogens with zero attached hydrogens (tertiary/aromatic N) is 1. The van der Waals surface area contributed by atoms with Gasteiger partial charge in [-0.15, -0.1) is 0 Å². The lowest BCUT2D eigenvalue weighted by Gasteiger charge is -2.34. The molecular weight excluding hydrogens is 486 g/mol. The van der Waals surface area contributed by atoms with Crippen molar-refractivity contribution in [1.82, 2.24) is 0 Å². The molecule has 0 aromatic heterocycles. The van der Waals surface area contributed by atoms with Crippen molar-refractivity contribution in [2.24, 2.45) is 0 Å². The van der Waals surface area contributed by atoms with E-state index in [0.29, 0.717) is 28.7 Å². The molecule has 1 fully saturated rings. The fraction of sp³-hybridized carbons (Fsp3) is 0.265. The average Bonchev–Trinajstić information content (AvgIpc) is 3.42. The summed E-state index contributed by atoms with van der Waals surface area (Å²) in [6.45, 7) is 1.95. The number of hydrogen-bond donors (Lipinski definition) is 3. The summed E-state index contributed by atoms with van der Waals surface area (Å²) >= 11 is 0. The summed E-state index contributed by atoms with van der Waals surface area (Å²) in [7, 11) is 0. The van der Waals surface area contributed by atoms with Gasteiger partial charge in [-0.05, 0) is 88.9 Å². The fourth-order valence-corrected chi connectivity index (χ4v) is 7.25. The molecular formula is C34H31NO4. The zero-order valence-corrected chi connectivity index (χ0v) is 21.8. The summed E-state index contributed by atoms with van der Waals surface area (Å²) in [5.74, 6) is -0.621. The fourth-order valence-electron chi connectivity index (χ4n) is 7.25. The van der Waals surface area contributed by atoms with Crippen LogP contribution in [-0.4, -0.2) is 27.3 Å². The molecule has 7 rings (SSSR count). The molecule has 1 aliphatic heterocycles. The van der Waals surface area contributed by atoms with Crippen molar-refractivity contribution in [3.05, 3.63) is 112 Å². The number of carboxylic acid groups (broad SMARTS) is 1. The van der Waals surface area contributed by atoms with Gasteiger partial charge in [-0.3, -0.25) is 0 Å². The van der Waals surface area contributed by atoms with E-state index in [1.165, 1.54) is 52.7 Å². The number of benzene rings is 4. The molecule has 0 bridgehead atoms. The topological polar surface area (TPSA) is 81.0 Å². The lowest BCUT2D eigenvalue weighted by atomic mass is 9.81. The van der Waals surface area contributed by atoms with Crippen molar-refractivity contribution in [2.75, 3.05) is 4.90 Å². The smallest absolute Gasteiger partial charge is 0.335 e. The third-order valence-corrected chi connectivity index (χ3v) is 9.15. The standard InChI is InChI=1S/C34H31NO4/c1-19(31-32(36)25-15-13-22(34(38)39)18-27(25)33(31)37)21-14-16-30-26(17-21)24-10-4-5-11-29(24)35(30)28-12-6-8-20-7-2-3-9-23(20)28/h2-3,6-9,12-18,24,29,32-33,36-37H,4-5,10-11H2,1H3,(H,38,39)/b31-19+. The molecule has 196 valence electrons. The Morgan fingerprint density at radius 1 is 0.769 bits per heavy atom. The van der Waals surface area contributed by atoms with Gasteiger partial charge in [0.05, 0.1) is 5.56 Å². The number of carboxylic acids is 1. The Labute approximate surface area is 227 Å². The van der Waals surface area contributed by atoms with Crippen LogP contribution in [0.15, 0.2) is 84.4 Å². The molecule has 3 N–H and O–H groups in total. The van der Waals surface area contributed by atoms with E-state index in [2.05, 4.69) is 65.6 Å². The summed E-state index contributed by atoms with van der Waals surface area (Å²) in [4.78, 5) is 14.0. The minimum Gasteiger partial charge on any atom is -0.478 e. The van der Waals surface area contributed by atoms with Crippen molar-refractivity contribution < 1.29 is 20.1 Å². The van der Waals surface area contributed by atoms with E-state index in [-0.39, 0.29) is 5.56 Å². The predicted molar refractivity (Wildman–Crippen MR) is 153 cm³/mol. The maximum Gasteiger partial charge on any atom is 0.335 e. The van der Waals surface area contributed by atoms with Crippen LogP contribution in [0.1, 0.15) is 83.3 Å². The summed E-state index contributed by atoms with van der Waals surface area (Å²) in [6.07, 6.45) is 2.72. The normalized spacial score (nSPS) is 24.8. The quantitative estimate of drug-likeness (QED) is 0.266. The maximum atomic E-state index is 11.5. The second-order valence-corrected chi connectivity index (χ2v) is 11.1. The van der Waals surface area contributed by atoms with Gasteiger partial charge in [-0.25, -0.2) is 4.79 Å². The van der Waals surface area contributed by atoms with Crippen molar-refractivity contribution in [3.63, 3.8) is 0 Å². The molecule has 1 saturated carbocycles. The van der Waals surface area contributed by atoms with Crippen LogP contribution >= 0.6 is 0 Å². The molecule has 5 nitrogen and oxygen atoms in total. The summed E-state index contributed by atoms with van der Waals surface area (Å²) in [5.41, 5.74) is 7.30. The molecule has 0 spiro atoms. The highest BCUT2D eigenvalue weighted by molar-refractivity contribution is 5.97. The summed E-state index contributed by atoms with van der Waals surface area (Å²) in [6, 6.07) is 26.7. The molecule has 0 saturated heterocycles. The SMILES string of the molecule is C/C(=C1/C(O)c2ccc(C(=O)O)cc2C1O)c1ccc2c(c1)C1CCCCC1N2c1cccc2ccccc12. The Kier molecular flexibility index (Phi) is 5.62. The number of allylic oxidation sites excluding steroid dienone is 1. The summed E-state index contributed by atoms with van der Waals surface area (Å²) in [5, 5.41) is 34.3. The molecule has 1 heterocycles. The van der Waals surface area contributed by atoms with Crippen LogP contribution in [0.3, 0.4) is 0 Å². The van der Waals surface area contributed by atoms with E-state index in [1.54, 1.807) is 6.07 Å². The van der Waals surface area contributed by atoms with Crippen LogP contribution in [0.25, 0.3) is 16.3 Å². The first kappa shape index (κ1) is 24.1. The Bertz CT molecular complexity index is 1670. The number of anilines is 2. The van der Waals surface area contributed by atoms with E-state index in [1.807, 2.05) is 6.92 Å². The minimum absolute atomic E-state index is 0.105. The number of carbonyl (C=O) groups is 1. The Hall–Kier alpha value is -3.93. The summed E-state index contributed by atoms with van der Waals surface area (Å²) < 4.78 is 0. The lowest BCUT2D eigenvalue weighted by molar-refractivity contribution is 0.0696. The largest absolute Gasteiger partial charge is 0.478 e. The third kappa shape index (κ3) is 3.64. The zero-order valence-electron chi connectivity index (χ0n) is 21.8. The molecule has 3 aliphatic rings. The third-order valence-electron chi connectivity index (χ3n) is 9.15. The predicted octanol–water partition coefficient (Wildman–Crippen LogP) is 7.27. The first-order chi connectivity index (χ1) is 18.9. The monoisotopic (exact) mass is 517 g/mol. The molecule has 4 aromatic rings. The first-order valence-electron chi connectivity index (χ1n) is 13.8. The number of aliphatic hydroxyl groups excluding tert-OH is 2. The van der Waals surface area contributed by atoms with Gasteiger partial charge in [0.2, 0.25) is 0 Å². The van der Waals surface area contributed by atoms with Gasteiger partial charge in [-0.2, -0.15) is 0 Å². The van der Waals surface area contributed by atoms with Crippen LogP contribution in [0.4, 0.5) is 11.4 Å².